The highest BCUT2D eigenvalue weighted by Crippen LogP contribution is 2.17. The minimum atomic E-state index is 0.558. The predicted octanol–water partition coefficient (Wildman–Crippen LogP) is 3.05. The molecule has 80 valence electrons. The lowest BCUT2D eigenvalue weighted by Gasteiger charge is -2.20. The van der Waals surface area contributed by atoms with E-state index in [1.807, 2.05) is 53.5 Å². The summed E-state index contributed by atoms with van der Waals surface area (Å²) >= 11 is 3.42. The van der Waals surface area contributed by atoms with Gasteiger partial charge >= 0.3 is 0 Å². The van der Waals surface area contributed by atoms with E-state index in [1.54, 1.807) is 6.08 Å². The topological polar surface area (TPSA) is 20.3 Å². The SMILES string of the molecule is O=C=C1C=CC=CN1Cc1cccc(Br)c1. The molecule has 0 saturated carbocycles. The minimum absolute atomic E-state index is 0.558. The Labute approximate surface area is 103 Å². The van der Waals surface area contributed by atoms with Gasteiger partial charge in [-0.15, -0.1) is 0 Å². The fourth-order valence-electron chi connectivity index (χ4n) is 1.54. The number of allylic oxidation sites excluding steroid dienone is 3. The Balaban J connectivity index is 2.19. The molecule has 0 saturated heterocycles. The van der Waals surface area contributed by atoms with Gasteiger partial charge in [0.2, 0.25) is 0 Å². The molecule has 2 rings (SSSR count). The summed E-state index contributed by atoms with van der Waals surface area (Å²) in [4.78, 5) is 12.6. The molecule has 0 N–H and O–H groups in total. The molecule has 1 aromatic rings. The zero-order chi connectivity index (χ0) is 11.4. The van der Waals surface area contributed by atoms with Crippen molar-refractivity contribution >= 4 is 21.9 Å². The Bertz CT molecular complexity index is 498. The molecule has 0 aliphatic carbocycles. The van der Waals surface area contributed by atoms with Gasteiger partial charge in [-0.2, -0.15) is 0 Å². The molecule has 1 heterocycles. The summed E-state index contributed by atoms with van der Waals surface area (Å²) in [5.74, 6) is 1.93. The first-order valence-electron chi connectivity index (χ1n) is 4.90. The fourth-order valence-corrected chi connectivity index (χ4v) is 1.99. The maximum atomic E-state index is 10.7. The molecule has 0 unspecified atom stereocenters. The van der Waals surface area contributed by atoms with E-state index < -0.39 is 0 Å². The molecule has 0 fully saturated rings. The van der Waals surface area contributed by atoms with Crippen LogP contribution in [0.15, 0.2) is 58.9 Å². The first-order valence-corrected chi connectivity index (χ1v) is 5.70. The normalized spacial score (nSPS) is 14.1. The van der Waals surface area contributed by atoms with E-state index >= 15 is 0 Å². The van der Waals surface area contributed by atoms with Gasteiger partial charge in [0.15, 0.2) is 5.94 Å². The van der Waals surface area contributed by atoms with Crippen molar-refractivity contribution in [2.75, 3.05) is 0 Å². The van der Waals surface area contributed by atoms with E-state index in [4.69, 9.17) is 0 Å². The van der Waals surface area contributed by atoms with Crippen molar-refractivity contribution in [1.82, 2.24) is 4.90 Å². The standard InChI is InChI=1S/C13H10BrNO/c14-12-5-3-4-11(8-12)9-15-7-2-1-6-13(15)10-16/h1-8H,9H2. The summed E-state index contributed by atoms with van der Waals surface area (Å²) in [7, 11) is 0. The van der Waals surface area contributed by atoms with Gasteiger partial charge in [0, 0.05) is 17.2 Å². The summed E-state index contributed by atoms with van der Waals surface area (Å²) in [5.41, 5.74) is 1.70. The number of halogens is 1. The van der Waals surface area contributed by atoms with Crippen molar-refractivity contribution in [3.63, 3.8) is 0 Å². The lowest BCUT2D eigenvalue weighted by molar-refractivity contribution is 0.466. The molecule has 2 nitrogen and oxygen atoms in total. The summed E-state index contributed by atoms with van der Waals surface area (Å²) in [6.45, 7) is 0.671. The van der Waals surface area contributed by atoms with Crippen molar-refractivity contribution in [3.8, 4) is 0 Å². The molecule has 0 aromatic heterocycles. The van der Waals surface area contributed by atoms with Crippen LogP contribution < -0.4 is 0 Å². The zero-order valence-corrected chi connectivity index (χ0v) is 10.1. The zero-order valence-electron chi connectivity index (χ0n) is 8.56. The third kappa shape index (κ3) is 2.51. The molecule has 0 bridgehead atoms. The van der Waals surface area contributed by atoms with Crippen LogP contribution in [0.2, 0.25) is 0 Å². The monoisotopic (exact) mass is 275 g/mol. The predicted molar refractivity (Wildman–Crippen MR) is 67.2 cm³/mol. The maximum Gasteiger partial charge on any atom is 0.150 e. The molecular weight excluding hydrogens is 266 g/mol. The molecule has 1 aliphatic heterocycles. The number of hydrogen-bond donors (Lipinski definition) is 0. The molecule has 3 heteroatoms. The minimum Gasteiger partial charge on any atom is -0.335 e. The first kappa shape index (κ1) is 10.9. The second-order valence-electron chi connectivity index (χ2n) is 3.45. The number of hydrogen-bond acceptors (Lipinski definition) is 2. The van der Waals surface area contributed by atoms with Crippen molar-refractivity contribution in [1.29, 1.82) is 0 Å². The Kier molecular flexibility index (Phi) is 3.40. The van der Waals surface area contributed by atoms with E-state index in [9.17, 15) is 4.79 Å². The van der Waals surface area contributed by atoms with Gasteiger partial charge in [0.1, 0.15) is 5.70 Å². The summed E-state index contributed by atoms with van der Waals surface area (Å²) in [6.07, 6.45) is 7.36. The second-order valence-corrected chi connectivity index (χ2v) is 4.36. The average Bonchev–Trinajstić information content (AvgIpc) is 2.30. The first-order chi connectivity index (χ1) is 7.79. The third-order valence-electron chi connectivity index (χ3n) is 2.29. The van der Waals surface area contributed by atoms with Gasteiger partial charge in [-0.1, -0.05) is 34.1 Å². The number of nitrogens with zero attached hydrogens (tertiary/aromatic N) is 1. The van der Waals surface area contributed by atoms with Gasteiger partial charge in [-0.25, -0.2) is 4.79 Å². The third-order valence-corrected chi connectivity index (χ3v) is 2.78. The Morgan fingerprint density at radius 1 is 1.31 bits per heavy atom. The van der Waals surface area contributed by atoms with Crippen LogP contribution in [0.1, 0.15) is 5.56 Å². The molecular formula is C13H10BrNO. The Morgan fingerprint density at radius 2 is 2.19 bits per heavy atom. The second kappa shape index (κ2) is 4.97. The molecule has 1 aromatic carbocycles. The van der Waals surface area contributed by atoms with Crippen molar-refractivity contribution in [3.05, 3.63) is 64.4 Å². The van der Waals surface area contributed by atoms with E-state index in [0.29, 0.717) is 12.2 Å². The number of carbonyl (C=O) groups excluding carboxylic acids is 1. The van der Waals surface area contributed by atoms with Crippen LogP contribution in [-0.2, 0) is 11.3 Å². The van der Waals surface area contributed by atoms with Gasteiger partial charge in [-0.3, -0.25) is 0 Å². The molecule has 0 radical (unpaired) electrons. The summed E-state index contributed by atoms with van der Waals surface area (Å²) in [6, 6.07) is 8.02. The van der Waals surface area contributed by atoms with Gasteiger partial charge in [-0.05, 0) is 29.8 Å². The summed E-state index contributed by atoms with van der Waals surface area (Å²) in [5, 5.41) is 0. The average molecular weight is 276 g/mol. The highest BCUT2D eigenvalue weighted by atomic mass is 79.9. The van der Waals surface area contributed by atoms with E-state index in [1.165, 1.54) is 0 Å². The Hall–Kier alpha value is -1.57. The van der Waals surface area contributed by atoms with Crippen LogP contribution in [0, 0.1) is 0 Å². The van der Waals surface area contributed by atoms with Crippen LogP contribution in [0.5, 0.6) is 0 Å². The van der Waals surface area contributed by atoms with Crippen molar-refractivity contribution in [2.24, 2.45) is 0 Å². The van der Waals surface area contributed by atoms with E-state index in [-0.39, 0.29) is 0 Å². The van der Waals surface area contributed by atoms with Gasteiger partial charge < -0.3 is 4.90 Å². The quantitative estimate of drug-likeness (QED) is 0.774. The van der Waals surface area contributed by atoms with Crippen LogP contribution in [0.4, 0.5) is 0 Å². The lowest BCUT2D eigenvalue weighted by Crippen LogP contribution is -2.17. The van der Waals surface area contributed by atoms with Crippen LogP contribution >= 0.6 is 15.9 Å². The highest BCUT2D eigenvalue weighted by molar-refractivity contribution is 9.10. The largest absolute Gasteiger partial charge is 0.335 e. The smallest absolute Gasteiger partial charge is 0.150 e. The van der Waals surface area contributed by atoms with Crippen LogP contribution in [-0.4, -0.2) is 10.8 Å². The lowest BCUT2D eigenvalue weighted by atomic mass is 10.2. The molecule has 16 heavy (non-hydrogen) atoms. The van der Waals surface area contributed by atoms with Gasteiger partial charge in [0.05, 0.1) is 0 Å². The highest BCUT2D eigenvalue weighted by Gasteiger charge is 2.08. The molecule has 0 spiro atoms. The molecule has 0 atom stereocenters. The van der Waals surface area contributed by atoms with Crippen LogP contribution in [0.25, 0.3) is 0 Å². The number of rotatable bonds is 2. The Morgan fingerprint density at radius 3 is 2.94 bits per heavy atom. The van der Waals surface area contributed by atoms with Gasteiger partial charge in [0.25, 0.3) is 0 Å². The summed E-state index contributed by atoms with van der Waals surface area (Å²) < 4.78 is 1.04. The fraction of sp³-hybridized carbons (Fsp3) is 0.0769. The molecule has 0 amide bonds. The van der Waals surface area contributed by atoms with Crippen LogP contribution in [0.3, 0.4) is 0 Å². The van der Waals surface area contributed by atoms with Crippen molar-refractivity contribution < 1.29 is 4.79 Å². The maximum absolute atomic E-state index is 10.7. The number of benzene rings is 1. The van der Waals surface area contributed by atoms with Crippen molar-refractivity contribution in [2.45, 2.75) is 6.54 Å². The van der Waals surface area contributed by atoms with E-state index in [2.05, 4.69) is 15.9 Å². The van der Waals surface area contributed by atoms with E-state index in [0.717, 1.165) is 10.0 Å². The molecule has 1 aliphatic rings.